The molecule has 7 nitrogen and oxygen atoms in total. The molecule has 4 N–H and O–H groups in total. The van der Waals surface area contributed by atoms with Crippen LogP contribution in [-0.4, -0.2) is 23.0 Å². The molecular formula is C13H14BrN5O2. The summed E-state index contributed by atoms with van der Waals surface area (Å²) in [6, 6.07) is 5.19. The predicted octanol–water partition coefficient (Wildman–Crippen LogP) is 1.46. The molecule has 0 saturated heterocycles. The maximum Gasteiger partial charge on any atom is 0.255 e. The lowest BCUT2D eigenvalue weighted by Crippen LogP contribution is -2.25. The second kappa shape index (κ2) is 7.00. The maximum atomic E-state index is 12.2. The number of nitrogens with two attached hydrogens (primary N) is 1. The van der Waals surface area contributed by atoms with E-state index in [-0.39, 0.29) is 5.91 Å². The summed E-state index contributed by atoms with van der Waals surface area (Å²) in [7, 11) is 1.54. The summed E-state index contributed by atoms with van der Waals surface area (Å²) in [5.74, 6) is 5.87. The summed E-state index contributed by atoms with van der Waals surface area (Å²) < 4.78 is 5.72. The van der Waals surface area contributed by atoms with Gasteiger partial charge in [-0.2, -0.15) is 0 Å². The molecular weight excluding hydrogens is 338 g/mol. The lowest BCUT2D eigenvalue weighted by atomic mass is 10.2. The van der Waals surface area contributed by atoms with Crippen molar-refractivity contribution in [3.05, 3.63) is 46.2 Å². The highest BCUT2D eigenvalue weighted by molar-refractivity contribution is 9.10. The van der Waals surface area contributed by atoms with E-state index in [1.54, 1.807) is 30.6 Å². The smallest absolute Gasteiger partial charge is 0.255 e. The number of rotatable bonds is 5. The van der Waals surface area contributed by atoms with Gasteiger partial charge in [-0.3, -0.25) is 4.79 Å². The van der Waals surface area contributed by atoms with Crippen molar-refractivity contribution < 1.29 is 9.53 Å². The van der Waals surface area contributed by atoms with Crippen molar-refractivity contribution in [3.63, 3.8) is 0 Å². The van der Waals surface area contributed by atoms with Gasteiger partial charge in [0.15, 0.2) is 5.82 Å². The molecule has 8 heteroatoms. The predicted molar refractivity (Wildman–Crippen MR) is 81.7 cm³/mol. The van der Waals surface area contributed by atoms with Crippen LogP contribution in [0.25, 0.3) is 0 Å². The standard InChI is InChI=1S/C13H14BrN5O2/c1-21-11-4-8(2-3-16-11)6-18-13(20)10-5-9(14)7-17-12(10)19-15/h2-5,7H,6,15H2,1H3,(H,17,19)(H,18,20). The molecule has 0 aliphatic rings. The Balaban J connectivity index is 2.09. The summed E-state index contributed by atoms with van der Waals surface area (Å²) in [6.07, 6.45) is 3.17. The van der Waals surface area contributed by atoms with Gasteiger partial charge in [-0.15, -0.1) is 0 Å². The van der Waals surface area contributed by atoms with Crippen LogP contribution in [0.4, 0.5) is 5.82 Å². The number of methoxy groups -OCH3 is 1. The highest BCUT2D eigenvalue weighted by Gasteiger charge is 2.12. The number of ether oxygens (including phenoxy) is 1. The first-order valence-electron chi connectivity index (χ1n) is 6.03. The number of nitrogens with zero attached hydrogens (tertiary/aromatic N) is 2. The van der Waals surface area contributed by atoms with E-state index in [4.69, 9.17) is 10.6 Å². The van der Waals surface area contributed by atoms with Crippen LogP contribution in [0.2, 0.25) is 0 Å². The Morgan fingerprint density at radius 1 is 1.43 bits per heavy atom. The van der Waals surface area contributed by atoms with Gasteiger partial charge in [0.05, 0.1) is 12.7 Å². The quantitative estimate of drug-likeness (QED) is 0.556. The third-order valence-corrected chi connectivity index (χ3v) is 3.13. The van der Waals surface area contributed by atoms with Gasteiger partial charge in [0.2, 0.25) is 5.88 Å². The Morgan fingerprint density at radius 2 is 2.24 bits per heavy atom. The topological polar surface area (TPSA) is 102 Å². The first kappa shape index (κ1) is 15.2. The summed E-state index contributed by atoms with van der Waals surface area (Å²) >= 11 is 3.27. The van der Waals surface area contributed by atoms with Crippen LogP contribution in [0, 0.1) is 0 Å². The Bertz CT molecular complexity index is 650. The van der Waals surface area contributed by atoms with E-state index in [9.17, 15) is 4.79 Å². The Morgan fingerprint density at radius 3 is 2.95 bits per heavy atom. The minimum Gasteiger partial charge on any atom is -0.481 e. The van der Waals surface area contributed by atoms with Crippen molar-refractivity contribution in [1.82, 2.24) is 15.3 Å². The van der Waals surface area contributed by atoms with Crippen LogP contribution in [0.3, 0.4) is 0 Å². The Kier molecular flexibility index (Phi) is 5.07. The van der Waals surface area contributed by atoms with Gasteiger partial charge in [-0.05, 0) is 33.6 Å². The Labute approximate surface area is 130 Å². The minimum atomic E-state index is -0.285. The number of anilines is 1. The molecule has 2 rings (SSSR count). The number of carbonyl (C=O) groups is 1. The van der Waals surface area contributed by atoms with Gasteiger partial charge in [0, 0.05) is 29.5 Å². The molecule has 110 valence electrons. The maximum absolute atomic E-state index is 12.2. The molecule has 0 aliphatic carbocycles. The van der Waals surface area contributed by atoms with E-state index >= 15 is 0 Å². The third kappa shape index (κ3) is 3.89. The minimum absolute atomic E-state index is 0.285. The van der Waals surface area contributed by atoms with Crippen molar-refractivity contribution in [2.45, 2.75) is 6.54 Å². The van der Waals surface area contributed by atoms with Crippen LogP contribution in [-0.2, 0) is 6.54 Å². The molecule has 2 heterocycles. The van der Waals surface area contributed by atoms with Crippen LogP contribution in [0.5, 0.6) is 5.88 Å². The van der Waals surface area contributed by atoms with E-state index in [1.807, 2.05) is 0 Å². The zero-order valence-corrected chi connectivity index (χ0v) is 12.8. The lowest BCUT2D eigenvalue weighted by Gasteiger charge is -2.09. The van der Waals surface area contributed by atoms with E-state index in [2.05, 4.69) is 36.6 Å². The van der Waals surface area contributed by atoms with Crippen molar-refractivity contribution in [2.75, 3.05) is 12.5 Å². The largest absolute Gasteiger partial charge is 0.481 e. The normalized spacial score (nSPS) is 10.0. The molecule has 1 amide bonds. The number of hydrogen-bond donors (Lipinski definition) is 3. The molecule has 0 saturated carbocycles. The van der Waals surface area contributed by atoms with Crippen LogP contribution >= 0.6 is 15.9 Å². The number of carbonyl (C=O) groups excluding carboxylic acids is 1. The summed E-state index contributed by atoms with van der Waals surface area (Å²) in [6.45, 7) is 0.342. The zero-order valence-electron chi connectivity index (χ0n) is 11.3. The highest BCUT2D eigenvalue weighted by atomic mass is 79.9. The van der Waals surface area contributed by atoms with Crippen LogP contribution in [0.1, 0.15) is 15.9 Å². The number of hydrazine groups is 1. The highest BCUT2D eigenvalue weighted by Crippen LogP contribution is 2.17. The molecule has 0 aliphatic heterocycles. The van der Waals surface area contributed by atoms with Gasteiger partial charge >= 0.3 is 0 Å². The molecule has 2 aromatic rings. The molecule has 0 fully saturated rings. The second-order valence-electron chi connectivity index (χ2n) is 4.08. The lowest BCUT2D eigenvalue weighted by molar-refractivity contribution is 0.0951. The van der Waals surface area contributed by atoms with Crippen molar-refractivity contribution in [3.8, 4) is 5.88 Å². The van der Waals surface area contributed by atoms with Crippen molar-refractivity contribution >= 4 is 27.7 Å². The number of nitrogens with one attached hydrogen (secondary N) is 2. The fourth-order valence-electron chi connectivity index (χ4n) is 1.68. The fraction of sp³-hybridized carbons (Fsp3) is 0.154. The zero-order chi connectivity index (χ0) is 15.2. The van der Waals surface area contributed by atoms with Crippen LogP contribution in [0.15, 0.2) is 35.1 Å². The molecule has 0 radical (unpaired) electrons. The fourth-order valence-corrected chi connectivity index (χ4v) is 2.01. The van der Waals surface area contributed by atoms with E-state index in [0.29, 0.717) is 28.3 Å². The van der Waals surface area contributed by atoms with Crippen molar-refractivity contribution in [1.29, 1.82) is 0 Å². The average molecular weight is 352 g/mol. The van der Waals surface area contributed by atoms with Crippen LogP contribution < -0.4 is 21.3 Å². The first-order valence-corrected chi connectivity index (χ1v) is 6.82. The van der Waals surface area contributed by atoms with Gasteiger partial charge in [-0.25, -0.2) is 15.8 Å². The van der Waals surface area contributed by atoms with Gasteiger partial charge in [0.25, 0.3) is 5.91 Å². The van der Waals surface area contributed by atoms with E-state index < -0.39 is 0 Å². The first-order chi connectivity index (χ1) is 10.1. The monoisotopic (exact) mass is 351 g/mol. The van der Waals surface area contributed by atoms with Gasteiger partial charge in [-0.1, -0.05) is 0 Å². The number of amides is 1. The molecule has 21 heavy (non-hydrogen) atoms. The third-order valence-electron chi connectivity index (χ3n) is 2.70. The van der Waals surface area contributed by atoms with Gasteiger partial charge in [0.1, 0.15) is 0 Å². The molecule has 0 bridgehead atoms. The summed E-state index contributed by atoms with van der Waals surface area (Å²) in [5, 5.41) is 2.79. The Hall–Kier alpha value is -2.19. The van der Waals surface area contributed by atoms with E-state index in [0.717, 1.165) is 5.56 Å². The summed E-state index contributed by atoms with van der Waals surface area (Å²) in [4.78, 5) is 20.2. The number of nitrogen functional groups attached to an aromatic ring is 1. The molecule has 0 atom stereocenters. The summed E-state index contributed by atoms with van der Waals surface area (Å²) in [5.41, 5.74) is 3.63. The van der Waals surface area contributed by atoms with Crippen molar-refractivity contribution in [2.24, 2.45) is 5.84 Å². The number of pyridine rings is 2. The second-order valence-corrected chi connectivity index (χ2v) is 5.00. The number of aromatic nitrogens is 2. The SMILES string of the molecule is COc1cc(CNC(=O)c2cc(Br)cnc2NN)ccn1. The number of halogens is 1. The molecule has 0 unspecified atom stereocenters. The molecule has 2 aromatic heterocycles. The molecule has 0 aromatic carbocycles. The van der Waals surface area contributed by atoms with Gasteiger partial charge < -0.3 is 15.5 Å². The number of hydrogen-bond acceptors (Lipinski definition) is 6. The van der Waals surface area contributed by atoms with E-state index in [1.165, 1.54) is 7.11 Å². The molecule has 0 spiro atoms. The average Bonchev–Trinajstić information content (AvgIpc) is 2.52.